The largest absolute Gasteiger partial charge is 0.458 e. The lowest BCUT2D eigenvalue weighted by Crippen LogP contribution is -2.73. The minimum atomic E-state index is -1.79. The van der Waals surface area contributed by atoms with Gasteiger partial charge in [-0.05, 0) is 74.2 Å². The number of aliphatic hydroxyl groups is 2. The fourth-order valence-corrected chi connectivity index (χ4v) is 10.7. The summed E-state index contributed by atoms with van der Waals surface area (Å²) >= 11 is 0. The summed E-state index contributed by atoms with van der Waals surface area (Å²) in [5.41, 5.74) is -2.31. The zero-order chi connectivity index (χ0) is 30.7. The first kappa shape index (κ1) is 29.8. The topological polar surface area (TPSA) is 147 Å². The normalized spacial score (nSPS) is 53.9. The van der Waals surface area contributed by atoms with Gasteiger partial charge in [-0.2, -0.15) is 0 Å². The average Bonchev–Trinajstić information content (AvgIpc) is 3.48. The van der Waals surface area contributed by atoms with Crippen molar-refractivity contribution in [2.24, 2.45) is 34.5 Å². The van der Waals surface area contributed by atoms with Gasteiger partial charge in [0.15, 0.2) is 11.9 Å². The Bertz CT molecular complexity index is 1250. The van der Waals surface area contributed by atoms with Crippen molar-refractivity contribution < 1.29 is 53.0 Å². The van der Waals surface area contributed by atoms with Gasteiger partial charge in [-0.3, -0.25) is 9.59 Å². The molecule has 11 heteroatoms. The highest BCUT2D eigenvalue weighted by atomic mass is 16.8. The number of fused-ring (bicyclic) bond motifs is 7. The molecule has 7 rings (SSSR count). The van der Waals surface area contributed by atoms with Crippen molar-refractivity contribution >= 4 is 17.7 Å². The van der Waals surface area contributed by atoms with Crippen molar-refractivity contribution in [1.29, 1.82) is 0 Å². The quantitative estimate of drug-likeness (QED) is 0.361. The van der Waals surface area contributed by atoms with Crippen molar-refractivity contribution in [3.8, 4) is 0 Å². The molecule has 3 aliphatic heterocycles. The molecule has 6 fully saturated rings. The molecule has 0 aromatic heterocycles. The summed E-state index contributed by atoms with van der Waals surface area (Å²) in [6.07, 6.45) is 1.50. The molecule has 43 heavy (non-hydrogen) atoms. The van der Waals surface area contributed by atoms with Gasteiger partial charge in [-0.15, -0.1) is 0 Å². The summed E-state index contributed by atoms with van der Waals surface area (Å²) in [6.45, 7) is 7.25. The minimum absolute atomic E-state index is 0.0830. The maximum absolute atomic E-state index is 14.8. The monoisotopic (exact) mass is 604 g/mol. The molecular weight excluding hydrogens is 560 g/mol. The fraction of sp³-hybridized carbons (Fsp3) is 0.844. The van der Waals surface area contributed by atoms with Crippen LogP contribution in [0.25, 0.3) is 0 Å². The van der Waals surface area contributed by atoms with Gasteiger partial charge in [0.25, 0.3) is 0 Å². The summed E-state index contributed by atoms with van der Waals surface area (Å²) in [5, 5.41) is 24.4. The van der Waals surface area contributed by atoms with E-state index >= 15 is 0 Å². The van der Waals surface area contributed by atoms with E-state index < -0.39 is 64.7 Å². The second-order valence-corrected chi connectivity index (χ2v) is 14.6. The van der Waals surface area contributed by atoms with Gasteiger partial charge < -0.3 is 38.6 Å². The Morgan fingerprint density at radius 1 is 1.07 bits per heavy atom. The molecule has 0 aromatic carbocycles. The second kappa shape index (κ2) is 9.80. The fourth-order valence-electron chi connectivity index (χ4n) is 10.7. The van der Waals surface area contributed by atoms with Gasteiger partial charge in [-0.1, -0.05) is 13.8 Å². The van der Waals surface area contributed by atoms with Crippen LogP contribution >= 0.6 is 0 Å². The van der Waals surface area contributed by atoms with Crippen LogP contribution < -0.4 is 0 Å². The predicted octanol–water partition coefficient (Wildman–Crippen LogP) is 2.20. The molecule has 4 saturated carbocycles. The van der Waals surface area contributed by atoms with E-state index in [1.165, 1.54) is 20.1 Å². The highest BCUT2D eigenvalue weighted by Crippen LogP contribution is 2.70. The summed E-state index contributed by atoms with van der Waals surface area (Å²) in [4.78, 5) is 39.3. The SMILES string of the molecule is CO[C@@H]1C[C@@H](C)O[C@H]2O[C@@H]3C[C@H]4CC[C@@H]5[C@H](C(=O)[C@H](OC(C)=O)[C@]6(C)[C@@H](C7=CC(=O)OC7)CC[C@]56O)[C@@]4(C)C[C@H]3O[C@]21O. The molecule has 2 saturated heterocycles. The highest BCUT2D eigenvalue weighted by molar-refractivity contribution is 5.91. The maximum atomic E-state index is 14.8. The van der Waals surface area contributed by atoms with Crippen molar-refractivity contribution in [1.82, 2.24) is 0 Å². The number of hydrogen-bond acceptors (Lipinski definition) is 11. The second-order valence-electron chi connectivity index (χ2n) is 14.6. The van der Waals surface area contributed by atoms with Crippen molar-refractivity contribution in [3.05, 3.63) is 11.6 Å². The molecule has 2 N–H and O–H groups in total. The average molecular weight is 605 g/mol. The minimum Gasteiger partial charge on any atom is -0.458 e. The molecular formula is C32H44O11. The third-order valence-electron chi connectivity index (χ3n) is 12.7. The number of cyclic esters (lactones) is 1. The first-order valence-corrected chi connectivity index (χ1v) is 15.8. The molecule has 0 aromatic rings. The Morgan fingerprint density at radius 2 is 1.84 bits per heavy atom. The first-order chi connectivity index (χ1) is 20.3. The zero-order valence-corrected chi connectivity index (χ0v) is 25.6. The maximum Gasteiger partial charge on any atom is 0.331 e. The molecule has 11 nitrogen and oxygen atoms in total. The van der Waals surface area contributed by atoms with Crippen LogP contribution in [0.1, 0.15) is 72.6 Å². The number of ketones is 1. The summed E-state index contributed by atoms with van der Waals surface area (Å²) in [6, 6.07) is 0. The number of hydrogen-bond donors (Lipinski definition) is 2. The Kier molecular flexibility index (Phi) is 6.79. The lowest BCUT2D eigenvalue weighted by Gasteiger charge is -2.65. The number of ether oxygens (including phenoxy) is 6. The van der Waals surface area contributed by atoms with E-state index in [-0.39, 0.29) is 42.4 Å². The van der Waals surface area contributed by atoms with E-state index in [1.54, 1.807) is 0 Å². The molecule has 14 atom stereocenters. The Hall–Kier alpha value is -1.89. The lowest BCUT2D eigenvalue weighted by atomic mass is 9.41. The van der Waals surface area contributed by atoms with Crippen LogP contribution in [-0.2, 0) is 42.8 Å². The highest BCUT2D eigenvalue weighted by Gasteiger charge is 2.76. The molecule has 0 spiro atoms. The number of rotatable bonds is 3. The molecule has 4 aliphatic carbocycles. The van der Waals surface area contributed by atoms with E-state index in [1.807, 2.05) is 13.8 Å². The van der Waals surface area contributed by atoms with Crippen LogP contribution in [-0.4, -0.2) is 89.8 Å². The Morgan fingerprint density at radius 3 is 2.51 bits per heavy atom. The molecule has 0 bridgehead atoms. The lowest BCUT2D eigenvalue weighted by molar-refractivity contribution is -0.459. The van der Waals surface area contributed by atoms with Crippen LogP contribution in [0.2, 0.25) is 0 Å². The summed E-state index contributed by atoms with van der Waals surface area (Å²) in [5.74, 6) is -4.23. The van der Waals surface area contributed by atoms with Gasteiger partial charge in [0, 0.05) is 37.9 Å². The van der Waals surface area contributed by atoms with E-state index in [4.69, 9.17) is 28.4 Å². The van der Waals surface area contributed by atoms with Crippen LogP contribution in [0.3, 0.4) is 0 Å². The van der Waals surface area contributed by atoms with Crippen molar-refractivity contribution in [2.75, 3.05) is 13.7 Å². The van der Waals surface area contributed by atoms with Gasteiger partial charge in [0.1, 0.15) is 12.7 Å². The van der Waals surface area contributed by atoms with Gasteiger partial charge in [0.2, 0.25) is 12.1 Å². The van der Waals surface area contributed by atoms with E-state index in [0.717, 1.165) is 12.0 Å². The Labute approximate surface area is 251 Å². The van der Waals surface area contributed by atoms with E-state index in [0.29, 0.717) is 38.5 Å². The third kappa shape index (κ3) is 3.97. The van der Waals surface area contributed by atoms with Crippen molar-refractivity contribution in [2.45, 2.75) is 121 Å². The number of carbonyl (C=O) groups is 3. The number of Topliss-reactive ketones (excluding diaryl/α,β-unsaturated/α-hetero) is 1. The third-order valence-corrected chi connectivity index (χ3v) is 12.7. The number of methoxy groups -OCH3 is 1. The molecule has 3 heterocycles. The van der Waals surface area contributed by atoms with E-state index in [9.17, 15) is 24.6 Å². The summed E-state index contributed by atoms with van der Waals surface area (Å²) < 4.78 is 35.5. The summed E-state index contributed by atoms with van der Waals surface area (Å²) in [7, 11) is 1.53. The number of carbonyl (C=O) groups excluding carboxylic acids is 3. The van der Waals surface area contributed by atoms with Gasteiger partial charge >= 0.3 is 11.9 Å². The van der Waals surface area contributed by atoms with Crippen LogP contribution in [0, 0.1) is 34.5 Å². The molecule has 238 valence electrons. The molecule has 7 aliphatic rings. The smallest absolute Gasteiger partial charge is 0.331 e. The standard InChI is InChI=1S/C32H44O11/c1-15-10-23(38-5)32(37)28(40-15)42-21-12-18-6-7-20-25(29(18,3)13-22(21)43-32)26(35)27(41-16(2)33)30(4)19(8-9-31(20,30)36)17-11-24(34)39-14-17/h11,15,18-23,25,27-28,36-37H,6-10,12-14H2,1-5H3/t15-,18-,19-,20-,21-,22-,23-,25-,27+,28+,29+,30+,31+,32+/m1/s1. The first-order valence-electron chi connectivity index (χ1n) is 15.8. The zero-order valence-electron chi connectivity index (χ0n) is 25.6. The van der Waals surface area contributed by atoms with E-state index in [2.05, 4.69) is 6.92 Å². The number of esters is 2. The van der Waals surface area contributed by atoms with Gasteiger partial charge in [-0.25, -0.2) is 4.79 Å². The Balaban J connectivity index is 1.25. The molecule has 0 amide bonds. The van der Waals surface area contributed by atoms with Crippen LogP contribution in [0.15, 0.2) is 11.6 Å². The predicted molar refractivity (Wildman–Crippen MR) is 147 cm³/mol. The molecule has 0 radical (unpaired) electrons. The van der Waals surface area contributed by atoms with Crippen LogP contribution in [0.4, 0.5) is 0 Å². The molecule has 0 unspecified atom stereocenters. The van der Waals surface area contributed by atoms with Crippen LogP contribution in [0.5, 0.6) is 0 Å². The van der Waals surface area contributed by atoms with Gasteiger partial charge in [0.05, 0.1) is 23.9 Å². The van der Waals surface area contributed by atoms with Crippen molar-refractivity contribution in [3.63, 3.8) is 0 Å².